The van der Waals surface area contributed by atoms with Gasteiger partial charge in [-0.05, 0) is 37.1 Å². The number of halogens is 2. The number of hydrogen-bond acceptors (Lipinski definition) is 1. The van der Waals surface area contributed by atoms with Crippen molar-refractivity contribution in [1.82, 2.24) is 5.32 Å². The molecule has 0 fully saturated rings. The van der Waals surface area contributed by atoms with Crippen LogP contribution in [0.5, 0.6) is 0 Å². The van der Waals surface area contributed by atoms with E-state index >= 15 is 0 Å². The van der Waals surface area contributed by atoms with E-state index in [0.29, 0.717) is 12.0 Å². The predicted octanol–water partition coefficient (Wildman–Crippen LogP) is 3.53. The minimum absolute atomic E-state index is 0.315. The molecule has 96 valence electrons. The zero-order chi connectivity index (χ0) is 12.8. The van der Waals surface area contributed by atoms with Crippen LogP contribution >= 0.6 is 0 Å². The molecule has 0 aliphatic carbocycles. The van der Waals surface area contributed by atoms with Crippen molar-refractivity contribution in [2.75, 3.05) is 7.05 Å². The van der Waals surface area contributed by atoms with E-state index in [1.54, 1.807) is 6.07 Å². The second-order valence-electron chi connectivity index (χ2n) is 4.42. The van der Waals surface area contributed by atoms with Gasteiger partial charge in [0.2, 0.25) is 0 Å². The predicted molar refractivity (Wildman–Crippen MR) is 67.0 cm³/mol. The fraction of sp³-hybridized carbons (Fsp3) is 0.571. The molecule has 0 radical (unpaired) electrons. The van der Waals surface area contributed by atoms with Gasteiger partial charge in [0, 0.05) is 6.04 Å². The number of nitrogens with one attached hydrogen (secondary N) is 1. The smallest absolute Gasteiger partial charge is 0.159 e. The minimum atomic E-state index is -0.780. The van der Waals surface area contributed by atoms with Gasteiger partial charge in [-0.2, -0.15) is 0 Å². The van der Waals surface area contributed by atoms with Crippen molar-refractivity contribution in [3.05, 3.63) is 35.4 Å². The Labute approximate surface area is 102 Å². The van der Waals surface area contributed by atoms with Crippen LogP contribution in [0.15, 0.2) is 18.2 Å². The molecular formula is C14H21F2N. The van der Waals surface area contributed by atoms with E-state index in [2.05, 4.69) is 19.2 Å². The molecule has 1 N–H and O–H groups in total. The van der Waals surface area contributed by atoms with Crippen LogP contribution in [0, 0.1) is 17.6 Å². The Morgan fingerprint density at radius 1 is 1.12 bits per heavy atom. The minimum Gasteiger partial charge on any atom is -0.316 e. The topological polar surface area (TPSA) is 12.0 Å². The summed E-state index contributed by atoms with van der Waals surface area (Å²) >= 11 is 0. The Morgan fingerprint density at radius 3 is 2.24 bits per heavy atom. The van der Waals surface area contributed by atoms with E-state index in [4.69, 9.17) is 0 Å². The maximum atomic E-state index is 13.1. The van der Waals surface area contributed by atoms with Crippen molar-refractivity contribution < 1.29 is 8.78 Å². The lowest BCUT2D eigenvalue weighted by Gasteiger charge is -2.25. The van der Waals surface area contributed by atoms with Gasteiger partial charge >= 0.3 is 0 Å². The van der Waals surface area contributed by atoms with Crippen LogP contribution in [0.2, 0.25) is 0 Å². The first-order valence-electron chi connectivity index (χ1n) is 6.23. The largest absolute Gasteiger partial charge is 0.316 e. The average molecular weight is 241 g/mol. The summed E-state index contributed by atoms with van der Waals surface area (Å²) in [5.41, 5.74) is 0.843. The summed E-state index contributed by atoms with van der Waals surface area (Å²) in [4.78, 5) is 0. The molecule has 1 unspecified atom stereocenters. The first kappa shape index (κ1) is 14.1. The summed E-state index contributed by atoms with van der Waals surface area (Å²) in [6.07, 6.45) is 2.91. The first-order chi connectivity index (χ1) is 8.12. The number of likely N-dealkylation sites (N-methyl/N-ethyl adjacent to an activating group) is 1. The van der Waals surface area contributed by atoms with Gasteiger partial charge in [-0.25, -0.2) is 8.78 Å². The number of benzene rings is 1. The highest BCUT2D eigenvalue weighted by Gasteiger charge is 2.17. The molecule has 1 aromatic carbocycles. The van der Waals surface area contributed by atoms with Gasteiger partial charge in [0.1, 0.15) is 0 Å². The fourth-order valence-corrected chi connectivity index (χ4v) is 2.28. The molecule has 0 aliphatic heterocycles. The molecule has 0 aliphatic rings. The van der Waals surface area contributed by atoms with Gasteiger partial charge in [-0.1, -0.05) is 32.8 Å². The Morgan fingerprint density at radius 2 is 1.76 bits per heavy atom. The molecule has 17 heavy (non-hydrogen) atoms. The van der Waals surface area contributed by atoms with Crippen LogP contribution in [-0.2, 0) is 6.42 Å². The Bertz CT molecular complexity index is 348. The summed E-state index contributed by atoms with van der Waals surface area (Å²) in [5, 5.41) is 3.27. The zero-order valence-corrected chi connectivity index (χ0v) is 10.8. The molecule has 0 saturated carbocycles. The van der Waals surface area contributed by atoms with Gasteiger partial charge in [0.05, 0.1) is 0 Å². The van der Waals surface area contributed by atoms with Crippen molar-refractivity contribution in [2.45, 2.75) is 39.2 Å². The van der Waals surface area contributed by atoms with E-state index in [1.165, 1.54) is 12.1 Å². The molecule has 0 aromatic heterocycles. The Balaban J connectivity index is 2.76. The van der Waals surface area contributed by atoms with Crippen molar-refractivity contribution in [1.29, 1.82) is 0 Å². The molecule has 1 rings (SSSR count). The van der Waals surface area contributed by atoms with E-state index in [9.17, 15) is 8.78 Å². The van der Waals surface area contributed by atoms with E-state index in [0.717, 1.165) is 24.8 Å². The zero-order valence-electron chi connectivity index (χ0n) is 10.8. The SMILES string of the molecule is CCC(CC)C(Cc1ccc(F)c(F)c1)NC. The second-order valence-corrected chi connectivity index (χ2v) is 4.42. The molecule has 0 spiro atoms. The Hall–Kier alpha value is -0.960. The van der Waals surface area contributed by atoms with Gasteiger partial charge in [0.15, 0.2) is 11.6 Å². The van der Waals surface area contributed by atoms with Crippen LogP contribution in [-0.4, -0.2) is 13.1 Å². The number of rotatable bonds is 6. The van der Waals surface area contributed by atoms with Gasteiger partial charge in [-0.3, -0.25) is 0 Å². The van der Waals surface area contributed by atoms with Crippen LogP contribution in [0.3, 0.4) is 0 Å². The summed E-state index contributed by atoms with van der Waals surface area (Å²) in [6.45, 7) is 4.31. The second kappa shape index (κ2) is 6.70. The lowest BCUT2D eigenvalue weighted by atomic mass is 9.89. The maximum absolute atomic E-state index is 13.1. The molecule has 3 heteroatoms. The van der Waals surface area contributed by atoms with Gasteiger partial charge in [0.25, 0.3) is 0 Å². The molecule has 0 saturated heterocycles. The highest BCUT2D eigenvalue weighted by Crippen LogP contribution is 2.18. The quantitative estimate of drug-likeness (QED) is 0.803. The lowest BCUT2D eigenvalue weighted by molar-refractivity contribution is 0.348. The third kappa shape index (κ3) is 3.77. The third-order valence-electron chi connectivity index (χ3n) is 3.43. The Kier molecular flexibility index (Phi) is 5.56. The maximum Gasteiger partial charge on any atom is 0.159 e. The van der Waals surface area contributed by atoms with Crippen LogP contribution in [0.4, 0.5) is 8.78 Å². The summed E-state index contributed by atoms with van der Waals surface area (Å²) in [7, 11) is 1.92. The highest BCUT2D eigenvalue weighted by molar-refractivity contribution is 5.19. The normalized spacial score (nSPS) is 13.1. The lowest BCUT2D eigenvalue weighted by Crippen LogP contribution is -2.35. The van der Waals surface area contributed by atoms with Crippen molar-refractivity contribution in [3.63, 3.8) is 0 Å². The highest BCUT2D eigenvalue weighted by atomic mass is 19.2. The van der Waals surface area contributed by atoms with Crippen LogP contribution in [0.1, 0.15) is 32.3 Å². The summed E-state index contributed by atoms with van der Waals surface area (Å²) in [5.74, 6) is -0.979. The molecular weight excluding hydrogens is 220 g/mol. The fourth-order valence-electron chi connectivity index (χ4n) is 2.28. The van der Waals surface area contributed by atoms with E-state index in [-0.39, 0.29) is 0 Å². The monoisotopic (exact) mass is 241 g/mol. The molecule has 1 aromatic rings. The average Bonchev–Trinajstić information content (AvgIpc) is 2.33. The molecule has 0 amide bonds. The molecule has 0 bridgehead atoms. The summed E-state index contributed by atoms with van der Waals surface area (Å²) in [6, 6.07) is 4.46. The number of hydrogen-bond donors (Lipinski definition) is 1. The van der Waals surface area contributed by atoms with Crippen molar-refractivity contribution >= 4 is 0 Å². The molecule has 1 nitrogen and oxygen atoms in total. The van der Waals surface area contributed by atoms with Crippen molar-refractivity contribution in [2.24, 2.45) is 5.92 Å². The van der Waals surface area contributed by atoms with Crippen LogP contribution in [0.25, 0.3) is 0 Å². The van der Waals surface area contributed by atoms with Gasteiger partial charge < -0.3 is 5.32 Å². The third-order valence-corrected chi connectivity index (χ3v) is 3.43. The van der Waals surface area contributed by atoms with Gasteiger partial charge in [-0.15, -0.1) is 0 Å². The van der Waals surface area contributed by atoms with E-state index in [1.807, 2.05) is 7.05 Å². The first-order valence-corrected chi connectivity index (χ1v) is 6.23. The molecule has 1 atom stereocenters. The van der Waals surface area contributed by atoms with E-state index < -0.39 is 11.6 Å². The standard InChI is InChI=1S/C14H21F2N/c1-4-11(5-2)14(17-3)9-10-6-7-12(15)13(16)8-10/h6-8,11,14,17H,4-5,9H2,1-3H3. The molecule has 0 heterocycles. The van der Waals surface area contributed by atoms with Crippen molar-refractivity contribution in [3.8, 4) is 0 Å². The van der Waals surface area contributed by atoms with Crippen LogP contribution < -0.4 is 5.32 Å². The summed E-state index contributed by atoms with van der Waals surface area (Å²) < 4.78 is 25.9.